The summed E-state index contributed by atoms with van der Waals surface area (Å²) >= 11 is 0. The molecule has 8 nitrogen and oxygen atoms in total. The molecule has 9 heteroatoms. The first-order chi connectivity index (χ1) is 13.8. The monoisotopic (exact) mass is 421 g/mol. The summed E-state index contributed by atoms with van der Waals surface area (Å²) in [6.45, 7) is 3.80. The molecule has 2 aromatic rings. The van der Waals surface area contributed by atoms with E-state index in [4.69, 9.17) is 9.47 Å². The van der Waals surface area contributed by atoms with Crippen molar-refractivity contribution in [3.63, 3.8) is 0 Å². The molecule has 158 valence electrons. The summed E-state index contributed by atoms with van der Waals surface area (Å²) in [5, 5.41) is 2.86. The Kier molecular flexibility index (Phi) is 6.61. The van der Waals surface area contributed by atoms with Gasteiger partial charge in [-0.25, -0.2) is 8.42 Å². The third-order valence-corrected chi connectivity index (χ3v) is 6.80. The maximum atomic E-state index is 12.8. The Balaban J connectivity index is 1.67. The standard InChI is InChI=1S/C20H27N3O5S/c1-15-4-5-19(27-3)16(12-15)6-7-21-20(24)18-13-17(14-22(18)2)29(25,26)23-8-10-28-11-9-23/h4-5,12-14H,6-11H2,1-3H3,(H,21,24). The quantitative estimate of drug-likeness (QED) is 0.729. The Hall–Kier alpha value is -2.36. The second kappa shape index (κ2) is 8.98. The summed E-state index contributed by atoms with van der Waals surface area (Å²) in [4.78, 5) is 12.7. The lowest BCUT2D eigenvalue weighted by atomic mass is 10.1. The molecule has 0 bridgehead atoms. The van der Waals surface area contributed by atoms with Crippen LogP contribution in [0.2, 0.25) is 0 Å². The van der Waals surface area contributed by atoms with Crippen molar-refractivity contribution in [2.75, 3.05) is 40.0 Å². The number of carbonyl (C=O) groups excluding carboxylic acids is 1. The zero-order valence-electron chi connectivity index (χ0n) is 17.0. The number of aryl methyl sites for hydroxylation is 2. The van der Waals surface area contributed by atoms with Gasteiger partial charge in [0.1, 0.15) is 16.3 Å². The molecule has 0 aliphatic carbocycles. The van der Waals surface area contributed by atoms with Crippen molar-refractivity contribution in [2.24, 2.45) is 7.05 Å². The topological polar surface area (TPSA) is 89.9 Å². The highest BCUT2D eigenvalue weighted by Gasteiger charge is 2.28. The van der Waals surface area contributed by atoms with Gasteiger partial charge in [-0.1, -0.05) is 17.7 Å². The number of sulfonamides is 1. The van der Waals surface area contributed by atoms with Gasteiger partial charge in [-0.2, -0.15) is 4.31 Å². The SMILES string of the molecule is COc1ccc(C)cc1CCNC(=O)c1cc(S(=O)(=O)N2CCOCC2)cn1C. The molecular weight excluding hydrogens is 394 g/mol. The molecule has 3 rings (SSSR count). The minimum absolute atomic E-state index is 0.118. The lowest BCUT2D eigenvalue weighted by Crippen LogP contribution is -2.40. The predicted octanol–water partition coefficient (Wildman–Crippen LogP) is 1.34. The first-order valence-electron chi connectivity index (χ1n) is 9.49. The maximum absolute atomic E-state index is 12.8. The average molecular weight is 422 g/mol. The van der Waals surface area contributed by atoms with E-state index in [1.54, 1.807) is 14.2 Å². The highest BCUT2D eigenvalue weighted by molar-refractivity contribution is 7.89. The highest BCUT2D eigenvalue weighted by atomic mass is 32.2. The van der Waals surface area contributed by atoms with Crippen LogP contribution in [-0.2, 0) is 28.2 Å². The van der Waals surface area contributed by atoms with E-state index in [2.05, 4.69) is 5.32 Å². The number of nitrogens with zero attached hydrogens (tertiary/aromatic N) is 2. The largest absolute Gasteiger partial charge is 0.496 e. The van der Waals surface area contributed by atoms with Crippen LogP contribution in [0.4, 0.5) is 0 Å². The molecule has 0 saturated carbocycles. The Morgan fingerprint density at radius 1 is 1.24 bits per heavy atom. The number of hydrogen-bond donors (Lipinski definition) is 1. The molecule has 1 aliphatic rings. The van der Waals surface area contributed by atoms with Crippen molar-refractivity contribution in [1.29, 1.82) is 0 Å². The highest BCUT2D eigenvalue weighted by Crippen LogP contribution is 2.21. The maximum Gasteiger partial charge on any atom is 0.267 e. The molecule has 0 unspecified atom stereocenters. The van der Waals surface area contributed by atoms with Crippen LogP contribution in [-0.4, -0.2) is 63.2 Å². The van der Waals surface area contributed by atoms with Gasteiger partial charge >= 0.3 is 0 Å². The molecular formula is C20H27N3O5S. The van der Waals surface area contributed by atoms with E-state index in [9.17, 15) is 13.2 Å². The van der Waals surface area contributed by atoms with Crippen LogP contribution in [0.3, 0.4) is 0 Å². The number of carbonyl (C=O) groups is 1. The molecule has 1 fully saturated rings. The summed E-state index contributed by atoms with van der Waals surface area (Å²) in [6.07, 6.45) is 2.09. The van der Waals surface area contributed by atoms with Gasteiger partial charge in [0, 0.05) is 32.9 Å². The van der Waals surface area contributed by atoms with Crippen LogP contribution < -0.4 is 10.1 Å². The van der Waals surface area contributed by atoms with Crippen molar-refractivity contribution in [3.8, 4) is 5.75 Å². The number of nitrogens with one attached hydrogen (secondary N) is 1. The lowest BCUT2D eigenvalue weighted by molar-refractivity contribution is 0.0730. The molecule has 2 heterocycles. The van der Waals surface area contributed by atoms with Crippen molar-refractivity contribution in [2.45, 2.75) is 18.2 Å². The van der Waals surface area contributed by atoms with Gasteiger partial charge in [0.05, 0.1) is 20.3 Å². The summed E-state index contributed by atoms with van der Waals surface area (Å²) in [6, 6.07) is 7.33. The van der Waals surface area contributed by atoms with Crippen molar-refractivity contribution < 1.29 is 22.7 Å². The van der Waals surface area contributed by atoms with Gasteiger partial charge in [0.25, 0.3) is 5.91 Å². The molecule has 1 aromatic carbocycles. The van der Waals surface area contributed by atoms with Crippen LogP contribution in [0.1, 0.15) is 21.6 Å². The Morgan fingerprint density at radius 3 is 2.66 bits per heavy atom. The molecule has 1 aromatic heterocycles. The summed E-state index contributed by atoms with van der Waals surface area (Å²) < 4.78 is 39.1. The molecule has 29 heavy (non-hydrogen) atoms. The van der Waals surface area contributed by atoms with E-state index < -0.39 is 10.0 Å². The fourth-order valence-corrected chi connectivity index (χ4v) is 4.82. The summed E-state index contributed by atoms with van der Waals surface area (Å²) in [7, 11) is -0.357. The zero-order chi connectivity index (χ0) is 21.0. The number of ether oxygens (including phenoxy) is 2. The van der Waals surface area contributed by atoms with E-state index >= 15 is 0 Å². The number of benzene rings is 1. The van der Waals surface area contributed by atoms with E-state index in [1.807, 2.05) is 25.1 Å². The minimum Gasteiger partial charge on any atom is -0.496 e. The lowest BCUT2D eigenvalue weighted by Gasteiger charge is -2.25. The van der Waals surface area contributed by atoms with Crippen LogP contribution in [0.25, 0.3) is 0 Å². The van der Waals surface area contributed by atoms with Gasteiger partial charge in [-0.15, -0.1) is 0 Å². The van der Waals surface area contributed by atoms with Gasteiger partial charge in [0.2, 0.25) is 10.0 Å². The molecule has 1 aliphatic heterocycles. The van der Waals surface area contributed by atoms with Crippen LogP contribution >= 0.6 is 0 Å². The summed E-state index contributed by atoms with van der Waals surface area (Å²) in [5.74, 6) is 0.463. The number of aromatic nitrogens is 1. The zero-order valence-corrected chi connectivity index (χ0v) is 17.8. The normalized spacial score (nSPS) is 15.3. The number of rotatable bonds is 7. The molecule has 1 amide bonds. The van der Waals surface area contributed by atoms with E-state index in [0.717, 1.165) is 16.9 Å². The summed E-state index contributed by atoms with van der Waals surface area (Å²) in [5.41, 5.74) is 2.43. The Bertz CT molecular complexity index is 978. The first-order valence-corrected chi connectivity index (χ1v) is 10.9. The Labute approximate surface area is 171 Å². The van der Waals surface area contributed by atoms with E-state index in [0.29, 0.717) is 45.0 Å². The van der Waals surface area contributed by atoms with Crippen LogP contribution in [0.15, 0.2) is 35.4 Å². The van der Waals surface area contributed by atoms with Crippen molar-refractivity contribution >= 4 is 15.9 Å². The third kappa shape index (κ3) is 4.80. The van der Waals surface area contributed by atoms with Crippen molar-refractivity contribution in [1.82, 2.24) is 14.2 Å². The van der Waals surface area contributed by atoms with Gasteiger partial charge in [0.15, 0.2) is 0 Å². The number of methoxy groups -OCH3 is 1. The van der Waals surface area contributed by atoms with E-state index in [-0.39, 0.29) is 10.8 Å². The number of hydrogen-bond acceptors (Lipinski definition) is 5. The molecule has 1 N–H and O–H groups in total. The van der Waals surface area contributed by atoms with Gasteiger partial charge in [-0.05, 0) is 31.0 Å². The van der Waals surface area contributed by atoms with E-state index in [1.165, 1.54) is 21.1 Å². The fourth-order valence-electron chi connectivity index (χ4n) is 3.34. The fraction of sp³-hybridized carbons (Fsp3) is 0.450. The number of morpholine rings is 1. The molecule has 1 saturated heterocycles. The van der Waals surface area contributed by atoms with Crippen molar-refractivity contribution in [3.05, 3.63) is 47.3 Å². The molecule has 0 radical (unpaired) electrons. The second-order valence-electron chi connectivity index (χ2n) is 7.01. The first kappa shape index (κ1) is 21.4. The van der Waals surface area contributed by atoms with Crippen LogP contribution in [0.5, 0.6) is 5.75 Å². The number of amides is 1. The molecule has 0 atom stereocenters. The van der Waals surface area contributed by atoms with Gasteiger partial charge < -0.3 is 19.4 Å². The average Bonchev–Trinajstić information content (AvgIpc) is 3.11. The predicted molar refractivity (Wildman–Crippen MR) is 109 cm³/mol. The van der Waals surface area contributed by atoms with Crippen LogP contribution in [0, 0.1) is 6.92 Å². The Morgan fingerprint density at radius 2 is 1.97 bits per heavy atom. The third-order valence-electron chi connectivity index (χ3n) is 4.94. The molecule has 0 spiro atoms. The van der Waals surface area contributed by atoms with Gasteiger partial charge in [-0.3, -0.25) is 4.79 Å². The second-order valence-corrected chi connectivity index (χ2v) is 8.95. The smallest absolute Gasteiger partial charge is 0.267 e. The minimum atomic E-state index is -3.64.